The smallest absolute Gasteiger partial charge is 0.257 e. The number of rotatable bonds is 7. The number of carbonyl (C=O) groups excluding carboxylic acids is 2. The van der Waals surface area contributed by atoms with Crippen LogP contribution in [0, 0.1) is 5.92 Å². The first-order chi connectivity index (χ1) is 16.7. The van der Waals surface area contributed by atoms with Gasteiger partial charge >= 0.3 is 0 Å². The molecule has 0 bridgehead atoms. The van der Waals surface area contributed by atoms with Crippen molar-refractivity contribution in [1.82, 2.24) is 14.8 Å². The summed E-state index contributed by atoms with van der Waals surface area (Å²) in [6.45, 7) is 7.01. The van der Waals surface area contributed by atoms with E-state index in [1.807, 2.05) is 18.2 Å². The molecule has 1 aromatic carbocycles. The van der Waals surface area contributed by atoms with Gasteiger partial charge in [-0.05, 0) is 101 Å². The van der Waals surface area contributed by atoms with E-state index in [1.54, 1.807) is 29.3 Å². The Balaban J connectivity index is 1.20. The SMILES string of the molecule is O=C1Nc2cccnc2N(C(=O)CCCN2CCCC(CCN3CCCC3)C2)c2ccccc21. The zero-order valence-corrected chi connectivity index (χ0v) is 19.9. The molecule has 0 aliphatic carbocycles. The van der Waals surface area contributed by atoms with Gasteiger partial charge < -0.3 is 15.1 Å². The summed E-state index contributed by atoms with van der Waals surface area (Å²) in [6, 6.07) is 10.8. The fraction of sp³-hybridized carbons (Fsp3) is 0.519. The van der Waals surface area contributed by atoms with Crippen molar-refractivity contribution >= 4 is 29.0 Å². The second-order valence-electron chi connectivity index (χ2n) is 9.82. The number of nitrogens with zero attached hydrogens (tertiary/aromatic N) is 4. The normalized spacial score (nSPS) is 21.0. The van der Waals surface area contributed by atoms with E-state index in [1.165, 1.54) is 51.7 Å². The molecule has 2 fully saturated rings. The highest BCUT2D eigenvalue weighted by Gasteiger charge is 2.30. The van der Waals surface area contributed by atoms with Crippen LogP contribution in [-0.2, 0) is 4.79 Å². The van der Waals surface area contributed by atoms with Gasteiger partial charge in [-0.25, -0.2) is 4.98 Å². The number of amides is 2. The van der Waals surface area contributed by atoms with Gasteiger partial charge in [0.15, 0.2) is 5.82 Å². The molecule has 1 N–H and O–H groups in total. The van der Waals surface area contributed by atoms with Crippen LogP contribution in [0.3, 0.4) is 0 Å². The van der Waals surface area contributed by atoms with E-state index >= 15 is 0 Å². The van der Waals surface area contributed by atoms with Crippen molar-refractivity contribution in [3.63, 3.8) is 0 Å². The topological polar surface area (TPSA) is 68.8 Å². The molecule has 1 aromatic heterocycles. The summed E-state index contributed by atoms with van der Waals surface area (Å²) in [5.41, 5.74) is 1.65. The molecule has 2 amide bonds. The molecule has 2 aromatic rings. The minimum absolute atomic E-state index is 0.0218. The highest BCUT2D eigenvalue weighted by molar-refractivity contribution is 6.17. The summed E-state index contributed by atoms with van der Waals surface area (Å²) in [7, 11) is 0. The van der Waals surface area contributed by atoms with Crippen LogP contribution in [0.1, 0.15) is 55.3 Å². The molecule has 7 nitrogen and oxygen atoms in total. The summed E-state index contributed by atoms with van der Waals surface area (Å²) < 4.78 is 0. The summed E-state index contributed by atoms with van der Waals surface area (Å²) in [6.07, 6.45) is 9.49. The average molecular weight is 462 g/mol. The maximum atomic E-state index is 13.5. The maximum Gasteiger partial charge on any atom is 0.257 e. The lowest BCUT2D eigenvalue weighted by atomic mass is 9.94. The first-order valence-corrected chi connectivity index (χ1v) is 12.8. The molecule has 4 heterocycles. The van der Waals surface area contributed by atoms with Gasteiger partial charge in [0, 0.05) is 19.2 Å². The molecule has 2 saturated heterocycles. The zero-order chi connectivity index (χ0) is 23.3. The van der Waals surface area contributed by atoms with Crippen LogP contribution in [0.2, 0.25) is 0 Å². The fourth-order valence-electron chi connectivity index (χ4n) is 5.62. The monoisotopic (exact) mass is 461 g/mol. The van der Waals surface area contributed by atoms with E-state index in [-0.39, 0.29) is 11.8 Å². The van der Waals surface area contributed by atoms with Gasteiger partial charge in [-0.3, -0.25) is 14.5 Å². The minimum Gasteiger partial charge on any atom is -0.319 e. The van der Waals surface area contributed by atoms with Gasteiger partial charge in [-0.1, -0.05) is 12.1 Å². The lowest BCUT2D eigenvalue weighted by molar-refractivity contribution is -0.118. The van der Waals surface area contributed by atoms with Crippen LogP contribution in [0.5, 0.6) is 0 Å². The van der Waals surface area contributed by atoms with Crippen LogP contribution >= 0.6 is 0 Å². The van der Waals surface area contributed by atoms with Crippen molar-refractivity contribution in [2.45, 2.75) is 44.9 Å². The van der Waals surface area contributed by atoms with E-state index in [0.717, 1.165) is 32.0 Å². The van der Waals surface area contributed by atoms with Gasteiger partial charge in [0.1, 0.15) is 0 Å². The van der Waals surface area contributed by atoms with Gasteiger partial charge in [0.05, 0.1) is 16.9 Å². The predicted octanol–water partition coefficient (Wildman–Crippen LogP) is 4.29. The third-order valence-corrected chi connectivity index (χ3v) is 7.41. The molecule has 3 aliphatic heterocycles. The second-order valence-corrected chi connectivity index (χ2v) is 9.82. The Morgan fingerprint density at radius 2 is 1.82 bits per heavy atom. The van der Waals surface area contributed by atoms with Crippen molar-refractivity contribution in [2.24, 2.45) is 5.92 Å². The minimum atomic E-state index is -0.214. The molecular formula is C27H35N5O2. The quantitative estimate of drug-likeness (QED) is 0.666. The predicted molar refractivity (Wildman–Crippen MR) is 134 cm³/mol. The third-order valence-electron chi connectivity index (χ3n) is 7.41. The Labute approximate surface area is 202 Å². The van der Waals surface area contributed by atoms with E-state index in [2.05, 4.69) is 20.1 Å². The summed E-state index contributed by atoms with van der Waals surface area (Å²) in [4.78, 5) is 37.4. The number of piperidine rings is 1. The van der Waals surface area contributed by atoms with E-state index in [0.29, 0.717) is 29.2 Å². The van der Waals surface area contributed by atoms with Gasteiger partial charge in [-0.2, -0.15) is 0 Å². The molecule has 0 radical (unpaired) electrons. The van der Waals surface area contributed by atoms with E-state index in [9.17, 15) is 9.59 Å². The first kappa shape index (κ1) is 23.0. The van der Waals surface area contributed by atoms with Crippen LogP contribution in [0.15, 0.2) is 42.6 Å². The van der Waals surface area contributed by atoms with Crippen molar-refractivity contribution in [3.05, 3.63) is 48.2 Å². The van der Waals surface area contributed by atoms with E-state index < -0.39 is 0 Å². The Morgan fingerprint density at radius 3 is 2.71 bits per heavy atom. The number of likely N-dealkylation sites (tertiary alicyclic amines) is 2. The Morgan fingerprint density at radius 1 is 1.00 bits per heavy atom. The molecule has 1 atom stereocenters. The summed E-state index contributed by atoms with van der Waals surface area (Å²) >= 11 is 0. The number of hydrogen-bond donors (Lipinski definition) is 1. The maximum absolute atomic E-state index is 13.5. The molecule has 0 saturated carbocycles. The number of pyridine rings is 1. The molecule has 5 rings (SSSR count). The summed E-state index contributed by atoms with van der Waals surface area (Å²) in [5.74, 6) is 1.03. The third kappa shape index (κ3) is 5.15. The number of nitrogens with one attached hydrogen (secondary N) is 1. The first-order valence-electron chi connectivity index (χ1n) is 12.8. The lowest BCUT2D eigenvalue weighted by Gasteiger charge is -2.33. The van der Waals surface area contributed by atoms with E-state index in [4.69, 9.17) is 0 Å². The number of fused-ring (bicyclic) bond motifs is 2. The largest absolute Gasteiger partial charge is 0.319 e. The molecule has 34 heavy (non-hydrogen) atoms. The van der Waals surface area contributed by atoms with Crippen LogP contribution in [0.25, 0.3) is 0 Å². The van der Waals surface area contributed by atoms with Crippen LogP contribution < -0.4 is 10.2 Å². The second kappa shape index (κ2) is 10.7. The molecule has 180 valence electrons. The van der Waals surface area contributed by atoms with Gasteiger partial charge in [0.2, 0.25) is 5.91 Å². The molecular weight excluding hydrogens is 426 g/mol. The molecule has 0 spiro atoms. The lowest BCUT2D eigenvalue weighted by Crippen LogP contribution is -2.38. The highest BCUT2D eigenvalue weighted by Crippen LogP contribution is 2.36. The number of anilines is 3. The van der Waals surface area contributed by atoms with Crippen molar-refractivity contribution in [3.8, 4) is 0 Å². The average Bonchev–Trinajstić information content (AvgIpc) is 3.34. The molecule has 1 unspecified atom stereocenters. The number of aromatic nitrogens is 1. The Kier molecular flexibility index (Phi) is 7.21. The number of para-hydroxylation sites is 1. The highest BCUT2D eigenvalue weighted by atomic mass is 16.2. The van der Waals surface area contributed by atoms with Crippen molar-refractivity contribution in [2.75, 3.05) is 49.5 Å². The Bertz CT molecular complexity index is 1020. The van der Waals surface area contributed by atoms with Crippen LogP contribution in [0.4, 0.5) is 17.2 Å². The van der Waals surface area contributed by atoms with Crippen LogP contribution in [-0.4, -0.2) is 65.9 Å². The summed E-state index contributed by atoms with van der Waals surface area (Å²) in [5, 5.41) is 2.90. The number of benzene rings is 1. The van der Waals surface area contributed by atoms with Gasteiger partial charge in [0.25, 0.3) is 5.91 Å². The number of hydrogen-bond acceptors (Lipinski definition) is 5. The number of carbonyl (C=O) groups is 2. The molecule has 7 heteroatoms. The van der Waals surface area contributed by atoms with Crippen molar-refractivity contribution in [1.29, 1.82) is 0 Å². The fourth-order valence-corrected chi connectivity index (χ4v) is 5.62. The van der Waals surface area contributed by atoms with Crippen molar-refractivity contribution < 1.29 is 9.59 Å². The Hall–Kier alpha value is -2.77. The zero-order valence-electron chi connectivity index (χ0n) is 19.9. The van der Waals surface area contributed by atoms with Gasteiger partial charge in [-0.15, -0.1) is 0 Å². The standard InChI is InChI=1S/C27H35N5O2/c33-25(12-7-18-31-17-6-8-21(20-31)13-19-30-15-3-4-16-30)32-24-11-2-1-9-22(24)27(34)29-23-10-5-14-28-26(23)32/h1-2,5,9-11,14,21H,3-4,6-8,12-13,15-20H2,(H,29,34). The molecule has 3 aliphatic rings.